The van der Waals surface area contributed by atoms with Gasteiger partial charge in [0.25, 0.3) is 0 Å². The molecule has 1 fully saturated rings. The Morgan fingerprint density at radius 2 is 2.33 bits per heavy atom. The molecule has 0 amide bonds. The molecule has 18 heavy (non-hydrogen) atoms. The number of nitrogens with zero attached hydrogens (tertiary/aromatic N) is 4. The van der Waals surface area contributed by atoms with Crippen LogP contribution in [0.2, 0.25) is 0 Å². The Labute approximate surface area is 106 Å². The van der Waals surface area contributed by atoms with Gasteiger partial charge < -0.3 is 10.2 Å². The lowest BCUT2D eigenvalue weighted by molar-refractivity contribution is -0.384. The van der Waals surface area contributed by atoms with Crippen LogP contribution in [0.5, 0.6) is 0 Å². The molecule has 100 valence electrons. The molecule has 1 aromatic rings. The van der Waals surface area contributed by atoms with Crippen molar-refractivity contribution >= 4 is 11.5 Å². The van der Waals surface area contributed by atoms with Gasteiger partial charge in [0.2, 0.25) is 5.82 Å². The molecule has 1 atom stereocenters. The number of aryl methyl sites for hydroxylation is 2. The first kappa shape index (κ1) is 12.8. The van der Waals surface area contributed by atoms with Crippen LogP contribution < -0.4 is 10.2 Å². The fourth-order valence-corrected chi connectivity index (χ4v) is 2.46. The molecule has 0 aromatic carbocycles. The number of anilines is 1. The largest absolute Gasteiger partial charge is 0.348 e. The summed E-state index contributed by atoms with van der Waals surface area (Å²) in [5.41, 5.74) is 0.720. The summed E-state index contributed by atoms with van der Waals surface area (Å²) in [5.74, 6) is 0.630. The van der Waals surface area contributed by atoms with Gasteiger partial charge in [0.1, 0.15) is 5.69 Å². The summed E-state index contributed by atoms with van der Waals surface area (Å²) in [6.07, 6.45) is 0.575. The summed E-state index contributed by atoms with van der Waals surface area (Å²) in [6, 6.07) is 0.332. The number of nitro groups is 1. The molecule has 0 radical (unpaired) electrons. The van der Waals surface area contributed by atoms with Crippen LogP contribution in [-0.2, 0) is 13.5 Å². The monoisotopic (exact) mass is 253 g/mol. The van der Waals surface area contributed by atoms with E-state index >= 15 is 0 Å². The van der Waals surface area contributed by atoms with Crippen LogP contribution in [0.15, 0.2) is 0 Å². The van der Waals surface area contributed by atoms with Gasteiger partial charge >= 0.3 is 5.69 Å². The molecule has 0 aliphatic carbocycles. The summed E-state index contributed by atoms with van der Waals surface area (Å²) in [5, 5.41) is 18.8. The molecule has 1 N–H and O–H groups in total. The Balaban J connectivity index is 2.42. The van der Waals surface area contributed by atoms with E-state index in [2.05, 4.69) is 17.3 Å². The number of rotatable bonds is 3. The fraction of sp³-hybridized carbons (Fsp3) is 0.727. The van der Waals surface area contributed by atoms with E-state index in [0.717, 1.165) is 19.6 Å². The fourth-order valence-electron chi connectivity index (χ4n) is 2.46. The van der Waals surface area contributed by atoms with E-state index < -0.39 is 0 Å². The number of aromatic nitrogens is 2. The van der Waals surface area contributed by atoms with Gasteiger partial charge in [-0.25, -0.2) is 4.68 Å². The highest BCUT2D eigenvalue weighted by Crippen LogP contribution is 2.32. The molecule has 0 bridgehead atoms. The third-order valence-corrected chi connectivity index (χ3v) is 3.25. The molecule has 2 rings (SSSR count). The van der Waals surface area contributed by atoms with Crippen LogP contribution in [0.4, 0.5) is 11.5 Å². The van der Waals surface area contributed by atoms with Crippen LogP contribution in [0.1, 0.15) is 19.5 Å². The van der Waals surface area contributed by atoms with Gasteiger partial charge in [-0.15, -0.1) is 0 Å². The maximum Gasteiger partial charge on any atom is 0.334 e. The minimum absolute atomic E-state index is 0.161. The lowest BCUT2D eigenvalue weighted by Crippen LogP contribution is -2.50. The summed E-state index contributed by atoms with van der Waals surface area (Å²) in [7, 11) is 1.77. The van der Waals surface area contributed by atoms with Crippen LogP contribution >= 0.6 is 0 Å². The van der Waals surface area contributed by atoms with Crippen molar-refractivity contribution in [2.75, 3.05) is 24.5 Å². The lowest BCUT2D eigenvalue weighted by atomic mass is 10.2. The van der Waals surface area contributed by atoms with Gasteiger partial charge in [0, 0.05) is 32.7 Å². The molecular weight excluding hydrogens is 234 g/mol. The SMILES string of the molecule is CCc1nn(C)c(N2CCNC(C)C2)c1[N+](=O)[O-]. The van der Waals surface area contributed by atoms with Crippen molar-refractivity contribution in [3.05, 3.63) is 15.8 Å². The van der Waals surface area contributed by atoms with Crippen LogP contribution in [-0.4, -0.2) is 40.4 Å². The van der Waals surface area contributed by atoms with Gasteiger partial charge in [-0.2, -0.15) is 5.10 Å². The second-order valence-corrected chi connectivity index (χ2v) is 4.65. The van der Waals surface area contributed by atoms with Crippen molar-refractivity contribution < 1.29 is 4.92 Å². The zero-order chi connectivity index (χ0) is 13.3. The number of hydrogen-bond acceptors (Lipinski definition) is 5. The van der Waals surface area contributed by atoms with E-state index in [-0.39, 0.29) is 10.6 Å². The normalized spacial score (nSPS) is 20.2. The number of hydrogen-bond donors (Lipinski definition) is 1. The summed E-state index contributed by atoms with van der Waals surface area (Å²) in [4.78, 5) is 13.0. The van der Waals surface area contributed by atoms with E-state index in [4.69, 9.17) is 0 Å². The minimum Gasteiger partial charge on any atom is -0.348 e. The standard InChI is InChI=1S/C11H19N5O2/c1-4-9-10(16(17)18)11(14(3)13-9)15-6-5-12-8(2)7-15/h8,12H,4-7H2,1-3H3. The van der Waals surface area contributed by atoms with Crippen molar-refractivity contribution in [2.45, 2.75) is 26.3 Å². The smallest absolute Gasteiger partial charge is 0.334 e. The Bertz CT molecular complexity index is 457. The number of nitrogens with one attached hydrogen (secondary N) is 1. The Morgan fingerprint density at radius 3 is 2.89 bits per heavy atom. The third kappa shape index (κ3) is 2.17. The zero-order valence-electron chi connectivity index (χ0n) is 11.0. The zero-order valence-corrected chi connectivity index (χ0v) is 11.0. The summed E-state index contributed by atoms with van der Waals surface area (Å²) in [6.45, 7) is 6.34. The van der Waals surface area contributed by atoms with Gasteiger partial charge in [-0.05, 0) is 13.3 Å². The highest BCUT2D eigenvalue weighted by atomic mass is 16.6. The van der Waals surface area contributed by atoms with Crippen molar-refractivity contribution in [2.24, 2.45) is 7.05 Å². The second-order valence-electron chi connectivity index (χ2n) is 4.65. The first-order chi connectivity index (χ1) is 8.54. The average Bonchev–Trinajstić information content (AvgIpc) is 2.66. The van der Waals surface area contributed by atoms with Crippen molar-refractivity contribution in [1.82, 2.24) is 15.1 Å². The van der Waals surface area contributed by atoms with Crippen molar-refractivity contribution in [1.29, 1.82) is 0 Å². The topological polar surface area (TPSA) is 76.2 Å². The van der Waals surface area contributed by atoms with Crippen LogP contribution in [0, 0.1) is 10.1 Å². The molecule has 7 nitrogen and oxygen atoms in total. The highest BCUT2D eigenvalue weighted by Gasteiger charge is 2.31. The maximum absolute atomic E-state index is 11.2. The summed E-state index contributed by atoms with van der Waals surface area (Å²) < 4.78 is 1.63. The Hall–Kier alpha value is -1.63. The molecule has 0 spiro atoms. The van der Waals surface area contributed by atoms with Gasteiger partial charge in [-0.1, -0.05) is 6.92 Å². The van der Waals surface area contributed by atoms with E-state index in [1.165, 1.54) is 0 Å². The Morgan fingerprint density at radius 1 is 1.61 bits per heavy atom. The lowest BCUT2D eigenvalue weighted by Gasteiger charge is -2.32. The van der Waals surface area contributed by atoms with E-state index in [9.17, 15) is 10.1 Å². The molecule has 1 aromatic heterocycles. The van der Waals surface area contributed by atoms with Crippen molar-refractivity contribution in [3.63, 3.8) is 0 Å². The molecular formula is C11H19N5O2. The van der Waals surface area contributed by atoms with E-state index in [1.807, 2.05) is 11.8 Å². The molecule has 1 aliphatic rings. The van der Waals surface area contributed by atoms with Gasteiger partial charge in [-0.3, -0.25) is 10.1 Å². The minimum atomic E-state index is -0.312. The van der Waals surface area contributed by atoms with E-state index in [0.29, 0.717) is 24.0 Å². The van der Waals surface area contributed by atoms with Gasteiger partial charge in [0.05, 0.1) is 4.92 Å². The number of piperazine rings is 1. The average molecular weight is 253 g/mol. The highest BCUT2D eigenvalue weighted by molar-refractivity contribution is 5.62. The predicted molar refractivity (Wildman–Crippen MR) is 68.9 cm³/mol. The molecule has 1 saturated heterocycles. The molecule has 1 aliphatic heterocycles. The summed E-state index contributed by atoms with van der Waals surface area (Å²) >= 11 is 0. The third-order valence-electron chi connectivity index (χ3n) is 3.25. The quantitative estimate of drug-likeness (QED) is 0.633. The molecule has 1 unspecified atom stereocenters. The molecule has 2 heterocycles. The maximum atomic E-state index is 11.2. The first-order valence-electron chi connectivity index (χ1n) is 6.23. The second kappa shape index (κ2) is 4.93. The predicted octanol–water partition coefficient (Wildman–Crippen LogP) is 0.689. The van der Waals surface area contributed by atoms with Crippen LogP contribution in [0.3, 0.4) is 0 Å². The molecule has 7 heteroatoms. The van der Waals surface area contributed by atoms with Gasteiger partial charge in [0.15, 0.2) is 0 Å². The van der Waals surface area contributed by atoms with E-state index in [1.54, 1.807) is 11.7 Å². The Kier molecular flexibility index (Phi) is 3.51. The molecule has 0 saturated carbocycles. The van der Waals surface area contributed by atoms with Crippen molar-refractivity contribution in [3.8, 4) is 0 Å². The van der Waals surface area contributed by atoms with Crippen LogP contribution in [0.25, 0.3) is 0 Å². The first-order valence-corrected chi connectivity index (χ1v) is 6.23.